The first-order chi connectivity index (χ1) is 6.27. The molecule has 1 heterocycles. The van der Waals surface area contributed by atoms with Crippen LogP contribution in [0.4, 0.5) is 4.39 Å². The standard InChI is InChI=1S/C10H11BrFN.Na/c11-9-6-7(12)3-4-8(9)10-2-1-5-13-10;/h3-4,6,10,13H,1-2,5H2;. The van der Waals surface area contributed by atoms with E-state index in [1.54, 1.807) is 0 Å². The fraction of sp³-hybridized carbons (Fsp3) is 0.400. The minimum atomic E-state index is -0.186. The van der Waals surface area contributed by atoms with Crippen LogP contribution in [-0.2, 0) is 0 Å². The number of rotatable bonds is 1. The van der Waals surface area contributed by atoms with Gasteiger partial charge in [0.05, 0.1) is 0 Å². The maximum Gasteiger partial charge on any atom is 0.124 e. The Hall–Kier alpha value is 0.590. The summed E-state index contributed by atoms with van der Waals surface area (Å²) in [4.78, 5) is 0. The van der Waals surface area contributed by atoms with E-state index in [0.29, 0.717) is 6.04 Å². The van der Waals surface area contributed by atoms with Crippen molar-refractivity contribution in [1.29, 1.82) is 0 Å². The third-order valence-electron chi connectivity index (χ3n) is 2.40. The molecule has 0 aromatic heterocycles. The molecule has 0 aliphatic carbocycles. The monoisotopic (exact) mass is 266 g/mol. The average Bonchev–Trinajstić information content (AvgIpc) is 2.56. The van der Waals surface area contributed by atoms with Gasteiger partial charge in [-0.05, 0) is 37.1 Å². The van der Waals surface area contributed by atoms with Gasteiger partial charge < -0.3 is 5.32 Å². The van der Waals surface area contributed by atoms with Crippen molar-refractivity contribution in [3.8, 4) is 0 Å². The molecule has 1 saturated heterocycles. The van der Waals surface area contributed by atoms with Crippen molar-refractivity contribution in [3.05, 3.63) is 34.1 Å². The van der Waals surface area contributed by atoms with Crippen LogP contribution in [0.1, 0.15) is 24.4 Å². The molecule has 71 valence electrons. The van der Waals surface area contributed by atoms with E-state index >= 15 is 0 Å². The second kappa shape index (κ2) is 5.61. The summed E-state index contributed by atoms with van der Waals surface area (Å²) >= 11 is 3.38. The van der Waals surface area contributed by atoms with Crippen LogP contribution in [0.3, 0.4) is 0 Å². The molecule has 14 heavy (non-hydrogen) atoms. The van der Waals surface area contributed by atoms with Crippen LogP contribution in [0, 0.1) is 5.82 Å². The van der Waals surface area contributed by atoms with Crippen molar-refractivity contribution >= 4 is 45.5 Å². The van der Waals surface area contributed by atoms with Crippen LogP contribution in [0.15, 0.2) is 22.7 Å². The van der Waals surface area contributed by atoms with Gasteiger partial charge in [0, 0.05) is 40.1 Å². The zero-order valence-electron chi connectivity index (χ0n) is 8.19. The van der Waals surface area contributed by atoms with Crippen LogP contribution < -0.4 is 5.32 Å². The van der Waals surface area contributed by atoms with Crippen molar-refractivity contribution in [3.63, 3.8) is 0 Å². The Labute approximate surface area is 114 Å². The Morgan fingerprint density at radius 3 is 2.79 bits per heavy atom. The van der Waals surface area contributed by atoms with E-state index in [1.165, 1.54) is 24.1 Å². The summed E-state index contributed by atoms with van der Waals surface area (Å²) in [6, 6.07) is 5.28. The average molecular weight is 267 g/mol. The topological polar surface area (TPSA) is 12.0 Å². The zero-order valence-corrected chi connectivity index (χ0v) is 11.8. The molecule has 0 bridgehead atoms. The molecule has 1 aliphatic rings. The minimum absolute atomic E-state index is 0. The number of hydrogen-bond acceptors (Lipinski definition) is 1. The van der Waals surface area contributed by atoms with Crippen molar-refractivity contribution in [2.45, 2.75) is 18.9 Å². The first kappa shape index (κ1) is 12.7. The Morgan fingerprint density at radius 1 is 1.43 bits per heavy atom. The van der Waals surface area contributed by atoms with Crippen molar-refractivity contribution < 1.29 is 4.39 Å². The van der Waals surface area contributed by atoms with Crippen LogP contribution in [0.25, 0.3) is 0 Å². The Bertz CT molecular complexity index is 313. The molecule has 1 unspecified atom stereocenters. The van der Waals surface area contributed by atoms with Gasteiger partial charge in [-0.2, -0.15) is 0 Å². The van der Waals surface area contributed by atoms with Crippen molar-refractivity contribution in [2.24, 2.45) is 0 Å². The summed E-state index contributed by atoms with van der Waals surface area (Å²) in [6.07, 6.45) is 2.35. The first-order valence-electron chi connectivity index (χ1n) is 4.46. The maximum absolute atomic E-state index is 12.8. The quantitative estimate of drug-likeness (QED) is 0.771. The van der Waals surface area contributed by atoms with E-state index in [4.69, 9.17) is 0 Å². The molecule has 2 rings (SSSR count). The Balaban J connectivity index is 0.000000980. The predicted octanol–water partition coefficient (Wildman–Crippen LogP) is 2.63. The minimum Gasteiger partial charge on any atom is -0.310 e. The summed E-state index contributed by atoms with van der Waals surface area (Å²) in [6.45, 7) is 1.06. The molecule has 1 N–H and O–H groups in total. The molecular weight excluding hydrogens is 256 g/mol. The van der Waals surface area contributed by atoms with Gasteiger partial charge in [-0.1, -0.05) is 22.0 Å². The molecule has 1 fully saturated rings. The molecule has 0 spiro atoms. The summed E-state index contributed by atoms with van der Waals surface area (Å²) in [5, 5.41) is 3.38. The SMILES string of the molecule is Fc1ccc(C2CCCN2)c(Br)c1.[Na]. The molecule has 1 aromatic rings. The molecule has 1 aromatic carbocycles. The van der Waals surface area contributed by atoms with Crippen LogP contribution in [-0.4, -0.2) is 36.1 Å². The van der Waals surface area contributed by atoms with Crippen molar-refractivity contribution in [2.75, 3.05) is 6.54 Å². The molecule has 1 aliphatic heterocycles. The normalized spacial score (nSPS) is 20.6. The van der Waals surface area contributed by atoms with E-state index < -0.39 is 0 Å². The Morgan fingerprint density at radius 2 is 2.21 bits per heavy atom. The molecule has 1 atom stereocenters. The maximum atomic E-state index is 12.8. The third kappa shape index (κ3) is 2.80. The van der Waals surface area contributed by atoms with E-state index in [1.807, 2.05) is 6.07 Å². The van der Waals surface area contributed by atoms with Crippen molar-refractivity contribution in [1.82, 2.24) is 5.32 Å². The Kier molecular flexibility index (Phi) is 5.08. The van der Waals surface area contributed by atoms with Gasteiger partial charge in [0.1, 0.15) is 5.82 Å². The van der Waals surface area contributed by atoms with E-state index in [2.05, 4.69) is 21.2 Å². The van der Waals surface area contributed by atoms with Gasteiger partial charge in [0.25, 0.3) is 0 Å². The fourth-order valence-electron chi connectivity index (χ4n) is 1.73. The van der Waals surface area contributed by atoms with Gasteiger partial charge in [-0.25, -0.2) is 4.39 Å². The predicted molar refractivity (Wildman–Crippen MR) is 59.8 cm³/mol. The van der Waals surface area contributed by atoms with Gasteiger partial charge in [0.2, 0.25) is 0 Å². The molecule has 4 heteroatoms. The second-order valence-electron chi connectivity index (χ2n) is 3.31. The molecule has 0 amide bonds. The van der Waals surface area contributed by atoms with E-state index in [0.717, 1.165) is 17.4 Å². The summed E-state index contributed by atoms with van der Waals surface area (Å²) in [7, 11) is 0. The van der Waals surface area contributed by atoms with E-state index in [9.17, 15) is 4.39 Å². The van der Waals surface area contributed by atoms with Crippen LogP contribution in [0.5, 0.6) is 0 Å². The zero-order chi connectivity index (χ0) is 9.26. The van der Waals surface area contributed by atoms with Gasteiger partial charge in [0.15, 0.2) is 0 Å². The molecule has 1 radical (unpaired) electrons. The summed E-state index contributed by atoms with van der Waals surface area (Å²) in [5.41, 5.74) is 1.17. The number of benzene rings is 1. The molecule has 1 nitrogen and oxygen atoms in total. The molecular formula is C10H11BrFNNa. The van der Waals surface area contributed by atoms with Gasteiger partial charge in [-0.3, -0.25) is 0 Å². The first-order valence-corrected chi connectivity index (χ1v) is 5.25. The largest absolute Gasteiger partial charge is 0.310 e. The number of nitrogens with one attached hydrogen (secondary N) is 1. The number of hydrogen-bond donors (Lipinski definition) is 1. The smallest absolute Gasteiger partial charge is 0.124 e. The summed E-state index contributed by atoms with van der Waals surface area (Å²) < 4.78 is 13.7. The van der Waals surface area contributed by atoms with Gasteiger partial charge >= 0.3 is 0 Å². The second-order valence-corrected chi connectivity index (χ2v) is 4.17. The fourth-order valence-corrected chi connectivity index (χ4v) is 2.36. The number of halogens is 2. The van der Waals surface area contributed by atoms with E-state index in [-0.39, 0.29) is 35.4 Å². The summed E-state index contributed by atoms with van der Waals surface area (Å²) in [5.74, 6) is -0.186. The molecule has 0 saturated carbocycles. The van der Waals surface area contributed by atoms with Gasteiger partial charge in [-0.15, -0.1) is 0 Å². The third-order valence-corrected chi connectivity index (χ3v) is 3.08. The van der Waals surface area contributed by atoms with Crippen LogP contribution in [0.2, 0.25) is 0 Å². The van der Waals surface area contributed by atoms with Crippen LogP contribution >= 0.6 is 15.9 Å².